The normalized spacial score (nSPS) is 17.4. The summed E-state index contributed by atoms with van der Waals surface area (Å²) in [5.74, 6) is 0.915. The van der Waals surface area contributed by atoms with Crippen molar-refractivity contribution in [2.45, 2.75) is 26.3 Å². The highest BCUT2D eigenvalue weighted by atomic mass is 15.1. The summed E-state index contributed by atoms with van der Waals surface area (Å²) in [6.07, 6.45) is 6.53. The molecule has 1 aliphatic rings. The quantitative estimate of drug-likeness (QED) is 0.855. The Labute approximate surface area is 127 Å². The summed E-state index contributed by atoms with van der Waals surface area (Å²) in [6.45, 7) is 8.07. The van der Waals surface area contributed by atoms with Crippen LogP contribution in [-0.2, 0) is 6.54 Å². The van der Waals surface area contributed by atoms with Gasteiger partial charge in [0.15, 0.2) is 0 Å². The number of aromatic nitrogens is 1. The number of benzene rings is 1. The predicted molar refractivity (Wildman–Crippen MR) is 88.3 cm³/mol. The monoisotopic (exact) mass is 283 g/mol. The van der Waals surface area contributed by atoms with Gasteiger partial charge in [0.2, 0.25) is 0 Å². The maximum atomic E-state index is 4.19. The maximum Gasteiger partial charge on any atom is 0.0346 e. The molecule has 0 spiro atoms. The van der Waals surface area contributed by atoms with Crippen LogP contribution >= 0.6 is 0 Å². The molecule has 21 heavy (non-hydrogen) atoms. The molecule has 112 valence electrons. The molecule has 3 heteroatoms. The molecule has 2 aromatic rings. The molecular weight excluding hydrogens is 258 g/mol. The van der Waals surface area contributed by atoms with Crippen molar-refractivity contribution in [3.05, 3.63) is 42.2 Å². The lowest BCUT2D eigenvalue weighted by Gasteiger charge is -2.30. The molecule has 1 aromatic heterocycles. The van der Waals surface area contributed by atoms with Gasteiger partial charge in [-0.1, -0.05) is 25.1 Å². The fourth-order valence-electron chi connectivity index (χ4n) is 3.09. The molecule has 1 fully saturated rings. The van der Waals surface area contributed by atoms with E-state index in [4.69, 9.17) is 0 Å². The predicted octanol–water partition coefficient (Wildman–Crippen LogP) is 3.06. The first-order valence-corrected chi connectivity index (χ1v) is 8.07. The smallest absolute Gasteiger partial charge is 0.0346 e. The summed E-state index contributed by atoms with van der Waals surface area (Å²) >= 11 is 0. The largest absolute Gasteiger partial charge is 0.311 e. The second-order valence-corrected chi connectivity index (χ2v) is 6.21. The highest BCUT2D eigenvalue weighted by Crippen LogP contribution is 2.17. The van der Waals surface area contributed by atoms with Gasteiger partial charge in [-0.05, 0) is 48.9 Å². The van der Waals surface area contributed by atoms with Crippen molar-refractivity contribution >= 4 is 10.8 Å². The van der Waals surface area contributed by atoms with Gasteiger partial charge in [-0.3, -0.25) is 4.98 Å². The SMILES string of the molecule is CC1CCN(CCNCc2cccc3cnccc23)CC1. The van der Waals surface area contributed by atoms with E-state index in [9.17, 15) is 0 Å². The number of rotatable bonds is 5. The van der Waals surface area contributed by atoms with Crippen molar-refractivity contribution in [1.29, 1.82) is 0 Å². The zero-order valence-corrected chi connectivity index (χ0v) is 12.9. The van der Waals surface area contributed by atoms with Crippen molar-refractivity contribution in [1.82, 2.24) is 15.2 Å². The van der Waals surface area contributed by atoms with E-state index in [1.165, 1.54) is 48.8 Å². The summed E-state index contributed by atoms with van der Waals surface area (Å²) < 4.78 is 0. The zero-order chi connectivity index (χ0) is 14.5. The molecule has 2 heterocycles. The van der Waals surface area contributed by atoms with Gasteiger partial charge in [-0.15, -0.1) is 0 Å². The number of hydrogen-bond acceptors (Lipinski definition) is 3. The first kappa shape index (κ1) is 14.5. The van der Waals surface area contributed by atoms with Crippen molar-refractivity contribution in [2.75, 3.05) is 26.2 Å². The Morgan fingerprint density at radius 1 is 1.24 bits per heavy atom. The number of fused-ring (bicyclic) bond motifs is 1. The number of piperidine rings is 1. The third-order valence-electron chi connectivity index (χ3n) is 4.57. The summed E-state index contributed by atoms with van der Waals surface area (Å²) in [5, 5.41) is 6.13. The lowest BCUT2D eigenvalue weighted by Crippen LogP contribution is -2.37. The van der Waals surface area contributed by atoms with Gasteiger partial charge >= 0.3 is 0 Å². The van der Waals surface area contributed by atoms with E-state index in [-0.39, 0.29) is 0 Å². The first-order chi connectivity index (χ1) is 10.3. The van der Waals surface area contributed by atoms with Crippen LogP contribution < -0.4 is 5.32 Å². The minimum Gasteiger partial charge on any atom is -0.311 e. The van der Waals surface area contributed by atoms with Gasteiger partial charge in [0.25, 0.3) is 0 Å². The van der Waals surface area contributed by atoms with Crippen molar-refractivity contribution in [3.8, 4) is 0 Å². The average molecular weight is 283 g/mol. The van der Waals surface area contributed by atoms with Gasteiger partial charge in [0, 0.05) is 37.4 Å². The Kier molecular flexibility index (Phi) is 4.84. The van der Waals surface area contributed by atoms with E-state index in [2.05, 4.69) is 46.4 Å². The van der Waals surface area contributed by atoms with Crippen LogP contribution in [0.2, 0.25) is 0 Å². The van der Waals surface area contributed by atoms with Gasteiger partial charge in [0.1, 0.15) is 0 Å². The molecule has 0 amide bonds. The summed E-state index contributed by atoms with van der Waals surface area (Å²) in [5.41, 5.74) is 1.36. The Balaban J connectivity index is 1.48. The average Bonchev–Trinajstić information content (AvgIpc) is 2.53. The standard InChI is InChI=1S/C18H25N3/c1-15-6-10-21(11-7-15)12-9-20-14-17-4-2-3-16-13-19-8-5-18(16)17/h2-5,8,13,15,20H,6-7,9-12,14H2,1H3. The highest BCUT2D eigenvalue weighted by Gasteiger charge is 2.14. The van der Waals surface area contributed by atoms with Crippen LogP contribution in [0, 0.1) is 5.92 Å². The second-order valence-electron chi connectivity index (χ2n) is 6.21. The second kappa shape index (κ2) is 7.01. The van der Waals surface area contributed by atoms with E-state index < -0.39 is 0 Å². The Morgan fingerprint density at radius 2 is 2.10 bits per heavy atom. The summed E-state index contributed by atoms with van der Waals surface area (Å²) in [6, 6.07) is 8.56. The zero-order valence-electron chi connectivity index (χ0n) is 12.9. The molecule has 0 unspecified atom stereocenters. The molecule has 3 nitrogen and oxygen atoms in total. The van der Waals surface area contributed by atoms with E-state index >= 15 is 0 Å². The minimum atomic E-state index is 0.915. The number of hydrogen-bond donors (Lipinski definition) is 1. The van der Waals surface area contributed by atoms with Crippen molar-refractivity contribution < 1.29 is 0 Å². The van der Waals surface area contributed by atoms with Crippen LogP contribution in [0.4, 0.5) is 0 Å². The maximum absolute atomic E-state index is 4.19. The number of nitrogens with one attached hydrogen (secondary N) is 1. The molecule has 1 N–H and O–H groups in total. The van der Waals surface area contributed by atoms with Gasteiger partial charge in [-0.2, -0.15) is 0 Å². The lowest BCUT2D eigenvalue weighted by molar-refractivity contribution is 0.193. The third kappa shape index (κ3) is 3.80. The first-order valence-electron chi connectivity index (χ1n) is 8.07. The number of nitrogens with zero attached hydrogens (tertiary/aromatic N) is 2. The Bertz CT molecular complexity index is 568. The minimum absolute atomic E-state index is 0.915. The lowest BCUT2D eigenvalue weighted by atomic mass is 9.99. The highest BCUT2D eigenvalue weighted by molar-refractivity contribution is 5.84. The van der Waals surface area contributed by atoms with E-state index in [0.717, 1.165) is 19.0 Å². The summed E-state index contributed by atoms with van der Waals surface area (Å²) in [4.78, 5) is 6.77. The van der Waals surface area contributed by atoms with Crippen LogP contribution in [-0.4, -0.2) is 36.1 Å². The number of likely N-dealkylation sites (tertiary alicyclic amines) is 1. The van der Waals surface area contributed by atoms with E-state index in [1.54, 1.807) is 0 Å². The number of pyridine rings is 1. The summed E-state index contributed by atoms with van der Waals surface area (Å²) in [7, 11) is 0. The van der Waals surface area contributed by atoms with Gasteiger partial charge in [-0.25, -0.2) is 0 Å². The molecule has 3 rings (SSSR count). The molecule has 0 bridgehead atoms. The van der Waals surface area contributed by atoms with Crippen LogP contribution in [0.15, 0.2) is 36.7 Å². The molecule has 1 saturated heterocycles. The van der Waals surface area contributed by atoms with E-state index in [1.807, 2.05) is 12.4 Å². The van der Waals surface area contributed by atoms with Crippen LogP contribution in [0.5, 0.6) is 0 Å². The van der Waals surface area contributed by atoms with Crippen LogP contribution in [0.1, 0.15) is 25.3 Å². The topological polar surface area (TPSA) is 28.2 Å². The fourth-order valence-corrected chi connectivity index (χ4v) is 3.09. The van der Waals surface area contributed by atoms with Crippen LogP contribution in [0.25, 0.3) is 10.8 Å². The van der Waals surface area contributed by atoms with E-state index in [0.29, 0.717) is 0 Å². The third-order valence-corrected chi connectivity index (χ3v) is 4.57. The Hall–Kier alpha value is -1.45. The molecule has 1 aromatic carbocycles. The molecule has 0 aliphatic carbocycles. The van der Waals surface area contributed by atoms with Crippen LogP contribution in [0.3, 0.4) is 0 Å². The molecular formula is C18H25N3. The van der Waals surface area contributed by atoms with Gasteiger partial charge in [0.05, 0.1) is 0 Å². The van der Waals surface area contributed by atoms with Crippen molar-refractivity contribution in [2.24, 2.45) is 5.92 Å². The van der Waals surface area contributed by atoms with Gasteiger partial charge < -0.3 is 10.2 Å². The fraction of sp³-hybridized carbons (Fsp3) is 0.500. The Morgan fingerprint density at radius 3 is 2.95 bits per heavy atom. The molecule has 0 radical (unpaired) electrons. The molecule has 0 saturated carbocycles. The molecule has 1 aliphatic heterocycles. The molecule has 0 atom stereocenters. The van der Waals surface area contributed by atoms with Crippen molar-refractivity contribution in [3.63, 3.8) is 0 Å².